The summed E-state index contributed by atoms with van der Waals surface area (Å²) in [5.41, 5.74) is 2.52. The smallest absolute Gasteiger partial charge is 0.245 e. The zero-order chi connectivity index (χ0) is 17.1. The summed E-state index contributed by atoms with van der Waals surface area (Å²) in [6.45, 7) is 4.47. The molecular formula is C18H20N4O2. The predicted octanol–water partition coefficient (Wildman–Crippen LogP) is 1.54. The second kappa shape index (κ2) is 6.78. The van der Waals surface area contributed by atoms with Crippen molar-refractivity contribution in [3.8, 4) is 0 Å². The Labute approximate surface area is 141 Å². The molecule has 0 unspecified atom stereocenters. The van der Waals surface area contributed by atoms with Crippen LogP contribution in [0, 0.1) is 6.92 Å². The van der Waals surface area contributed by atoms with E-state index in [0.29, 0.717) is 18.8 Å². The minimum absolute atomic E-state index is 0.0430. The van der Waals surface area contributed by atoms with Crippen molar-refractivity contribution in [2.24, 2.45) is 0 Å². The molecule has 1 aromatic heterocycles. The third-order valence-corrected chi connectivity index (χ3v) is 4.17. The lowest BCUT2D eigenvalue weighted by Crippen LogP contribution is -2.58. The van der Waals surface area contributed by atoms with Crippen LogP contribution in [0.15, 0.2) is 42.7 Å². The van der Waals surface area contributed by atoms with E-state index in [1.54, 1.807) is 29.1 Å². The van der Waals surface area contributed by atoms with E-state index in [0.717, 1.165) is 11.3 Å². The number of hydrogen-bond acceptors (Lipinski definition) is 4. The molecule has 0 radical (unpaired) electrons. The second-order valence-corrected chi connectivity index (χ2v) is 6.03. The molecule has 6 nitrogen and oxygen atoms in total. The fourth-order valence-corrected chi connectivity index (χ4v) is 2.78. The summed E-state index contributed by atoms with van der Waals surface area (Å²) < 4.78 is 0. The maximum atomic E-state index is 12.6. The van der Waals surface area contributed by atoms with Gasteiger partial charge in [0.05, 0.1) is 24.1 Å². The molecule has 1 aromatic carbocycles. The van der Waals surface area contributed by atoms with E-state index in [1.807, 2.05) is 37.3 Å². The highest BCUT2D eigenvalue weighted by molar-refractivity contribution is 5.94. The number of piperazine rings is 1. The van der Waals surface area contributed by atoms with Gasteiger partial charge in [-0.05, 0) is 19.4 Å². The van der Waals surface area contributed by atoms with Crippen molar-refractivity contribution in [3.05, 3.63) is 59.7 Å². The van der Waals surface area contributed by atoms with E-state index in [2.05, 4.69) is 9.97 Å². The summed E-state index contributed by atoms with van der Waals surface area (Å²) in [7, 11) is 0. The van der Waals surface area contributed by atoms with Crippen LogP contribution in [0.5, 0.6) is 0 Å². The number of hydrogen-bond donors (Lipinski definition) is 0. The standard InChI is InChI=1S/C18H20N4O2/c1-13-8-20-16(9-19-13)11-22-14(2)18(24)21(12-17(22)23)10-15-6-4-3-5-7-15/h3-9,14H,10-12H2,1-2H3/t14-/m0/s1. The van der Waals surface area contributed by atoms with Crippen LogP contribution < -0.4 is 0 Å². The first-order valence-electron chi connectivity index (χ1n) is 7.94. The van der Waals surface area contributed by atoms with Crippen molar-refractivity contribution in [2.45, 2.75) is 33.0 Å². The Bertz CT molecular complexity index is 730. The summed E-state index contributed by atoms with van der Waals surface area (Å²) in [5.74, 6) is -0.112. The summed E-state index contributed by atoms with van der Waals surface area (Å²) in [6, 6.07) is 9.19. The van der Waals surface area contributed by atoms with E-state index in [1.165, 1.54) is 0 Å². The van der Waals surface area contributed by atoms with Gasteiger partial charge in [0.25, 0.3) is 0 Å². The van der Waals surface area contributed by atoms with Gasteiger partial charge in [-0.15, -0.1) is 0 Å². The molecule has 1 fully saturated rings. The number of aromatic nitrogens is 2. The fourth-order valence-electron chi connectivity index (χ4n) is 2.78. The average Bonchev–Trinajstić information content (AvgIpc) is 2.59. The molecule has 2 aromatic rings. The molecule has 6 heteroatoms. The summed E-state index contributed by atoms with van der Waals surface area (Å²) in [4.78, 5) is 36.8. The van der Waals surface area contributed by atoms with Gasteiger partial charge in [-0.25, -0.2) is 0 Å². The van der Waals surface area contributed by atoms with Crippen LogP contribution in [-0.4, -0.2) is 44.2 Å². The Balaban J connectivity index is 1.71. The molecule has 1 atom stereocenters. The van der Waals surface area contributed by atoms with Gasteiger partial charge in [0, 0.05) is 12.7 Å². The van der Waals surface area contributed by atoms with Crippen LogP contribution in [0.3, 0.4) is 0 Å². The topological polar surface area (TPSA) is 66.4 Å². The van der Waals surface area contributed by atoms with Crippen LogP contribution in [-0.2, 0) is 22.7 Å². The van der Waals surface area contributed by atoms with E-state index < -0.39 is 6.04 Å². The van der Waals surface area contributed by atoms with E-state index in [-0.39, 0.29) is 18.4 Å². The van der Waals surface area contributed by atoms with Gasteiger partial charge in [0.2, 0.25) is 11.8 Å². The highest BCUT2D eigenvalue weighted by Gasteiger charge is 2.36. The number of benzene rings is 1. The first-order valence-corrected chi connectivity index (χ1v) is 7.94. The zero-order valence-electron chi connectivity index (χ0n) is 13.8. The van der Waals surface area contributed by atoms with Crippen LogP contribution in [0.1, 0.15) is 23.9 Å². The number of aryl methyl sites for hydroxylation is 1. The number of carbonyl (C=O) groups is 2. The number of rotatable bonds is 4. The van der Waals surface area contributed by atoms with Crippen molar-refractivity contribution < 1.29 is 9.59 Å². The molecule has 1 aliphatic heterocycles. The molecule has 2 amide bonds. The molecule has 0 saturated carbocycles. The minimum Gasteiger partial charge on any atom is -0.327 e. The predicted molar refractivity (Wildman–Crippen MR) is 88.6 cm³/mol. The van der Waals surface area contributed by atoms with Gasteiger partial charge >= 0.3 is 0 Å². The second-order valence-electron chi connectivity index (χ2n) is 6.03. The first kappa shape index (κ1) is 16.1. The summed E-state index contributed by atoms with van der Waals surface area (Å²) >= 11 is 0. The molecular weight excluding hydrogens is 304 g/mol. The molecule has 0 N–H and O–H groups in total. The van der Waals surface area contributed by atoms with Gasteiger partial charge in [0.15, 0.2) is 0 Å². The lowest BCUT2D eigenvalue weighted by molar-refractivity contribution is -0.156. The van der Waals surface area contributed by atoms with Gasteiger partial charge < -0.3 is 9.80 Å². The molecule has 1 saturated heterocycles. The quantitative estimate of drug-likeness (QED) is 0.856. The molecule has 0 bridgehead atoms. The summed E-state index contributed by atoms with van der Waals surface area (Å²) in [5, 5.41) is 0. The minimum atomic E-state index is -0.502. The van der Waals surface area contributed by atoms with Crippen molar-refractivity contribution >= 4 is 11.8 Å². The Kier molecular flexibility index (Phi) is 4.55. The third kappa shape index (κ3) is 3.42. The van der Waals surface area contributed by atoms with Crippen LogP contribution >= 0.6 is 0 Å². The van der Waals surface area contributed by atoms with E-state index in [4.69, 9.17) is 0 Å². The highest BCUT2D eigenvalue weighted by Crippen LogP contribution is 2.17. The van der Waals surface area contributed by atoms with E-state index >= 15 is 0 Å². The molecule has 2 heterocycles. The van der Waals surface area contributed by atoms with Crippen LogP contribution in [0.25, 0.3) is 0 Å². The molecule has 1 aliphatic rings. The molecule has 24 heavy (non-hydrogen) atoms. The van der Waals surface area contributed by atoms with Gasteiger partial charge in [-0.2, -0.15) is 0 Å². The first-order chi connectivity index (χ1) is 11.5. The molecule has 0 spiro atoms. The van der Waals surface area contributed by atoms with Gasteiger partial charge in [-0.1, -0.05) is 30.3 Å². The number of nitrogens with zero attached hydrogens (tertiary/aromatic N) is 4. The molecule has 124 valence electrons. The van der Waals surface area contributed by atoms with Crippen molar-refractivity contribution in [1.82, 2.24) is 19.8 Å². The molecule has 3 rings (SSSR count). The Hall–Kier alpha value is -2.76. The average molecular weight is 324 g/mol. The Morgan fingerprint density at radius 1 is 1.08 bits per heavy atom. The van der Waals surface area contributed by atoms with Crippen molar-refractivity contribution in [3.63, 3.8) is 0 Å². The van der Waals surface area contributed by atoms with Gasteiger partial charge in [0.1, 0.15) is 12.6 Å². The zero-order valence-corrected chi connectivity index (χ0v) is 13.8. The maximum Gasteiger partial charge on any atom is 0.245 e. The fraction of sp³-hybridized carbons (Fsp3) is 0.333. The SMILES string of the molecule is Cc1cnc(CN2C(=O)CN(Cc3ccccc3)C(=O)[C@@H]2C)cn1. The van der Waals surface area contributed by atoms with Gasteiger partial charge in [-0.3, -0.25) is 19.6 Å². The van der Waals surface area contributed by atoms with Crippen molar-refractivity contribution in [1.29, 1.82) is 0 Å². The monoisotopic (exact) mass is 324 g/mol. The largest absolute Gasteiger partial charge is 0.327 e. The highest BCUT2D eigenvalue weighted by atomic mass is 16.2. The maximum absolute atomic E-state index is 12.6. The normalized spacial score (nSPS) is 18.2. The van der Waals surface area contributed by atoms with Crippen LogP contribution in [0.2, 0.25) is 0 Å². The number of carbonyl (C=O) groups excluding carboxylic acids is 2. The summed E-state index contributed by atoms with van der Waals surface area (Å²) in [6.07, 6.45) is 3.31. The molecule has 0 aliphatic carbocycles. The Morgan fingerprint density at radius 2 is 1.83 bits per heavy atom. The van der Waals surface area contributed by atoms with Crippen molar-refractivity contribution in [2.75, 3.05) is 6.54 Å². The van der Waals surface area contributed by atoms with E-state index in [9.17, 15) is 9.59 Å². The number of amides is 2. The van der Waals surface area contributed by atoms with Crippen LogP contribution in [0.4, 0.5) is 0 Å². The Morgan fingerprint density at radius 3 is 2.50 bits per heavy atom. The lowest BCUT2D eigenvalue weighted by atomic mass is 10.1. The third-order valence-electron chi connectivity index (χ3n) is 4.17. The lowest BCUT2D eigenvalue weighted by Gasteiger charge is -2.38.